The minimum Gasteiger partial charge on any atom is -0.325 e. The van der Waals surface area contributed by atoms with E-state index in [1.54, 1.807) is 4.90 Å². The number of para-hydroxylation sites is 1. The predicted octanol–water partition coefficient (Wildman–Crippen LogP) is 5.38. The first-order valence-corrected chi connectivity index (χ1v) is 12.2. The molecule has 2 aromatic carbocycles. The first-order valence-electron chi connectivity index (χ1n) is 11.4. The molecule has 2 aliphatic heterocycles. The summed E-state index contributed by atoms with van der Waals surface area (Å²) in [6.07, 6.45) is 0.600. The Morgan fingerprint density at radius 2 is 1.82 bits per heavy atom. The molecule has 2 atom stereocenters. The number of hydrogen-bond acceptors (Lipinski definition) is 5. The summed E-state index contributed by atoms with van der Waals surface area (Å²) in [5.74, 6) is 0.532. The summed E-state index contributed by atoms with van der Waals surface area (Å²) in [4.78, 5) is 37.7. The zero-order valence-corrected chi connectivity index (χ0v) is 20.8. The number of aryl methyl sites for hydroxylation is 3. The van der Waals surface area contributed by atoms with Gasteiger partial charge in [0, 0.05) is 11.3 Å². The molecule has 2 amide bonds. The quantitative estimate of drug-likeness (QED) is 0.649. The Bertz CT molecular complexity index is 1160. The number of hydrogen-bond donors (Lipinski definition) is 1. The summed E-state index contributed by atoms with van der Waals surface area (Å²) in [6, 6.07) is 11.4. The molecular weight excluding hydrogens is 432 g/mol. The topological polar surface area (TPSA) is 74.1 Å². The van der Waals surface area contributed by atoms with E-state index in [0.29, 0.717) is 17.4 Å². The fraction of sp³-hybridized carbons (Fsp3) is 0.385. The number of rotatable bonds is 5. The van der Waals surface area contributed by atoms with Gasteiger partial charge >= 0.3 is 0 Å². The summed E-state index contributed by atoms with van der Waals surface area (Å²) in [5, 5.41) is 3.23. The SMILES string of the molecule is CC[C@H](SC1=Nc2ccccc2C2=N[C@@H](C(C)C)C(=O)N12)C(=O)Nc1c(C)cc(C)cc1C. The number of nitrogens with one attached hydrogen (secondary N) is 1. The van der Waals surface area contributed by atoms with Crippen LogP contribution in [-0.4, -0.2) is 39.0 Å². The van der Waals surface area contributed by atoms with Gasteiger partial charge in [-0.05, 0) is 56.4 Å². The molecule has 0 unspecified atom stereocenters. The third-order valence-corrected chi connectivity index (χ3v) is 7.28. The number of amidine groups is 2. The van der Waals surface area contributed by atoms with Crippen LogP contribution < -0.4 is 5.32 Å². The minimum absolute atomic E-state index is 0.0757. The number of carbonyl (C=O) groups excluding carboxylic acids is 2. The Hall–Kier alpha value is -2.93. The second-order valence-electron chi connectivity index (χ2n) is 9.00. The van der Waals surface area contributed by atoms with Crippen LogP contribution in [0.4, 0.5) is 11.4 Å². The van der Waals surface area contributed by atoms with Crippen LogP contribution in [0.1, 0.15) is 49.4 Å². The highest BCUT2D eigenvalue weighted by Gasteiger charge is 2.43. The number of carbonyl (C=O) groups is 2. The number of benzene rings is 2. The monoisotopic (exact) mass is 462 g/mol. The molecule has 0 spiro atoms. The zero-order valence-electron chi connectivity index (χ0n) is 20.0. The zero-order chi connectivity index (χ0) is 23.9. The van der Waals surface area contributed by atoms with E-state index in [9.17, 15) is 9.59 Å². The van der Waals surface area contributed by atoms with Crippen molar-refractivity contribution in [2.45, 2.75) is 59.3 Å². The second kappa shape index (κ2) is 9.14. The number of anilines is 1. The van der Waals surface area contributed by atoms with Gasteiger partial charge in [0.1, 0.15) is 11.9 Å². The summed E-state index contributed by atoms with van der Waals surface area (Å²) in [5.41, 5.74) is 5.70. The Morgan fingerprint density at radius 3 is 2.45 bits per heavy atom. The Kier molecular flexibility index (Phi) is 6.43. The first kappa shape index (κ1) is 23.2. The van der Waals surface area contributed by atoms with E-state index in [4.69, 9.17) is 9.98 Å². The van der Waals surface area contributed by atoms with E-state index in [1.807, 2.05) is 65.8 Å². The Balaban J connectivity index is 1.64. The molecule has 33 heavy (non-hydrogen) atoms. The van der Waals surface area contributed by atoms with Crippen LogP contribution >= 0.6 is 11.8 Å². The lowest BCUT2D eigenvalue weighted by atomic mass is 10.0. The van der Waals surface area contributed by atoms with Crippen LogP contribution in [0.25, 0.3) is 0 Å². The minimum atomic E-state index is -0.441. The molecule has 0 saturated heterocycles. The van der Waals surface area contributed by atoms with Gasteiger partial charge in [-0.3, -0.25) is 14.6 Å². The summed E-state index contributed by atoms with van der Waals surface area (Å²) >= 11 is 1.33. The largest absolute Gasteiger partial charge is 0.325 e. The van der Waals surface area contributed by atoms with Crippen molar-refractivity contribution < 1.29 is 9.59 Å². The number of fused-ring (bicyclic) bond motifs is 3. The molecule has 4 rings (SSSR count). The number of thioether (sulfide) groups is 1. The van der Waals surface area contributed by atoms with Crippen LogP contribution in [0.5, 0.6) is 0 Å². The van der Waals surface area contributed by atoms with E-state index in [0.717, 1.165) is 28.1 Å². The molecule has 172 valence electrons. The van der Waals surface area contributed by atoms with Gasteiger partial charge in [0.2, 0.25) is 5.91 Å². The van der Waals surface area contributed by atoms with Gasteiger partial charge < -0.3 is 5.32 Å². The fourth-order valence-corrected chi connectivity index (χ4v) is 5.33. The van der Waals surface area contributed by atoms with Gasteiger partial charge in [-0.1, -0.05) is 62.4 Å². The van der Waals surface area contributed by atoms with Gasteiger partial charge in [-0.15, -0.1) is 0 Å². The number of amides is 2. The predicted molar refractivity (Wildman–Crippen MR) is 136 cm³/mol. The highest BCUT2D eigenvalue weighted by Crippen LogP contribution is 2.36. The highest BCUT2D eigenvalue weighted by atomic mass is 32.2. The molecule has 2 aliphatic rings. The third kappa shape index (κ3) is 4.34. The summed E-state index contributed by atoms with van der Waals surface area (Å²) in [7, 11) is 0. The molecule has 2 aromatic rings. The smallest absolute Gasteiger partial charge is 0.259 e. The molecular formula is C26H30N4O2S. The van der Waals surface area contributed by atoms with Crippen molar-refractivity contribution in [2.75, 3.05) is 5.32 Å². The Labute approximate surface area is 199 Å². The molecule has 0 aromatic heterocycles. The van der Waals surface area contributed by atoms with Crippen LogP contribution in [0, 0.1) is 26.7 Å². The van der Waals surface area contributed by atoms with Gasteiger partial charge in [0.15, 0.2) is 5.17 Å². The van der Waals surface area contributed by atoms with Gasteiger partial charge in [-0.25, -0.2) is 9.89 Å². The number of nitrogens with zero attached hydrogens (tertiary/aromatic N) is 3. The average molecular weight is 463 g/mol. The first-order chi connectivity index (χ1) is 15.7. The van der Waals surface area contributed by atoms with Crippen LogP contribution in [-0.2, 0) is 9.59 Å². The summed E-state index contributed by atoms with van der Waals surface area (Å²) in [6.45, 7) is 12.0. The van der Waals surface area contributed by atoms with Crippen LogP contribution in [0.3, 0.4) is 0 Å². The average Bonchev–Trinajstić information content (AvgIpc) is 3.12. The maximum atomic E-state index is 13.3. The molecule has 6 nitrogen and oxygen atoms in total. The van der Waals surface area contributed by atoms with E-state index in [2.05, 4.69) is 17.4 Å². The van der Waals surface area contributed by atoms with Gasteiger partial charge in [0.05, 0.1) is 10.9 Å². The van der Waals surface area contributed by atoms with Crippen molar-refractivity contribution in [3.63, 3.8) is 0 Å². The molecule has 0 saturated carbocycles. The molecule has 0 fully saturated rings. The van der Waals surface area contributed by atoms with Crippen molar-refractivity contribution >= 4 is 46.0 Å². The van der Waals surface area contributed by atoms with Crippen molar-refractivity contribution in [1.82, 2.24) is 4.90 Å². The fourth-order valence-electron chi connectivity index (χ4n) is 4.31. The third-order valence-electron chi connectivity index (χ3n) is 5.97. The van der Waals surface area contributed by atoms with E-state index < -0.39 is 11.3 Å². The molecule has 0 bridgehead atoms. The van der Waals surface area contributed by atoms with Gasteiger partial charge in [-0.2, -0.15) is 0 Å². The molecule has 0 aliphatic carbocycles. The Morgan fingerprint density at radius 1 is 1.15 bits per heavy atom. The van der Waals surface area contributed by atoms with Crippen LogP contribution in [0.15, 0.2) is 46.4 Å². The lowest BCUT2D eigenvalue weighted by Crippen LogP contribution is -2.43. The highest BCUT2D eigenvalue weighted by molar-refractivity contribution is 8.15. The number of aliphatic imine (C=N–C) groups is 2. The van der Waals surface area contributed by atoms with E-state index in [-0.39, 0.29) is 17.7 Å². The lowest BCUT2D eigenvalue weighted by Gasteiger charge is -2.27. The van der Waals surface area contributed by atoms with E-state index in [1.165, 1.54) is 17.3 Å². The normalized spacial score (nSPS) is 18.0. The van der Waals surface area contributed by atoms with Crippen LogP contribution in [0.2, 0.25) is 0 Å². The van der Waals surface area contributed by atoms with Crippen molar-refractivity contribution in [3.05, 3.63) is 58.7 Å². The van der Waals surface area contributed by atoms with Crippen molar-refractivity contribution in [2.24, 2.45) is 15.9 Å². The standard InChI is InChI=1S/C26H30N4O2S/c1-7-20(24(31)29-22-16(5)12-15(4)13-17(22)6)33-26-27-19-11-9-8-10-18(19)23-28-21(14(2)3)25(32)30(23)26/h8-14,20-21H,7H2,1-6H3,(H,29,31)/t20-,21-/m0/s1. The molecule has 1 N–H and O–H groups in total. The molecule has 7 heteroatoms. The van der Waals surface area contributed by atoms with Crippen molar-refractivity contribution in [1.29, 1.82) is 0 Å². The maximum Gasteiger partial charge on any atom is 0.259 e. The summed E-state index contributed by atoms with van der Waals surface area (Å²) < 4.78 is 0. The maximum absolute atomic E-state index is 13.3. The molecule has 0 radical (unpaired) electrons. The van der Waals surface area contributed by atoms with E-state index >= 15 is 0 Å². The molecule has 2 heterocycles. The van der Waals surface area contributed by atoms with Crippen molar-refractivity contribution in [3.8, 4) is 0 Å². The lowest BCUT2D eigenvalue weighted by molar-refractivity contribution is -0.125. The van der Waals surface area contributed by atoms with Gasteiger partial charge in [0.25, 0.3) is 5.91 Å². The second-order valence-corrected chi connectivity index (χ2v) is 10.2.